The maximum Gasteiger partial charge on any atom is 0.265 e. The van der Waals surface area contributed by atoms with Gasteiger partial charge in [-0.25, -0.2) is 0 Å². The lowest BCUT2D eigenvalue weighted by Crippen LogP contribution is -2.15. The van der Waals surface area contributed by atoms with Gasteiger partial charge in [-0.3, -0.25) is 4.55 Å². The van der Waals surface area contributed by atoms with Crippen LogP contribution in [-0.2, 0) is 16.7 Å². The molecule has 0 aliphatic heterocycles. The van der Waals surface area contributed by atoms with Gasteiger partial charge in [0, 0.05) is 5.92 Å². The van der Waals surface area contributed by atoms with Gasteiger partial charge < -0.3 is 4.74 Å². The Labute approximate surface area is 136 Å². The zero-order valence-electron chi connectivity index (χ0n) is 12.8. The molecule has 1 N–H and O–H groups in total. The minimum absolute atomic E-state index is 0.162. The fraction of sp³-hybridized carbons (Fsp3) is 0.333. The smallest absolute Gasteiger partial charge is 0.265 e. The number of hydrogen-bond acceptors (Lipinski definition) is 3. The molecular formula is C18H20O4S. The molecule has 1 aliphatic carbocycles. The van der Waals surface area contributed by atoms with Crippen LogP contribution in [0.1, 0.15) is 29.9 Å². The topological polar surface area (TPSA) is 63.6 Å². The van der Waals surface area contributed by atoms with Crippen LogP contribution in [0.4, 0.5) is 0 Å². The Hall–Kier alpha value is -1.85. The standard InChI is InChI=1S/C18H20O4S/c19-23(20,21)13-18(15-9-10-15)16-7-4-8-17(11-16)22-12-14-5-2-1-3-6-14/h1-8,11,15,18H,9-10,12-13H2,(H,19,20,21). The van der Waals surface area contributed by atoms with Gasteiger partial charge in [0.05, 0.1) is 5.75 Å². The van der Waals surface area contributed by atoms with E-state index in [2.05, 4.69) is 0 Å². The molecular weight excluding hydrogens is 312 g/mol. The first-order valence-electron chi connectivity index (χ1n) is 7.73. The molecule has 1 saturated carbocycles. The molecule has 0 bridgehead atoms. The molecule has 1 fully saturated rings. The first kappa shape index (κ1) is 16.0. The van der Waals surface area contributed by atoms with Crippen molar-refractivity contribution in [3.05, 3.63) is 65.7 Å². The Morgan fingerprint density at radius 1 is 1.09 bits per heavy atom. The van der Waals surface area contributed by atoms with Crippen molar-refractivity contribution >= 4 is 10.1 Å². The highest BCUT2D eigenvalue weighted by Gasteiger charge is 2.35. The highest BCUT2D eigenvalue weighted by molar-refractivity contribution is 7.85. The van der Waals surface area contributed by atoms with Crippen molar-refractivity contribution in [2.24, 2.45) is 5.92 Å². The lowest BCUT2D eigenvalue weighted by atomic mass is 9.96. The first-order chi connectivity index (χ1) is 11.0. The molecule has 1 unspecified atom stereocenters. The monoisotopic (exact) mass is 332 g/mol. The molecule has 0 spiro atoms. The highest BCUT2D eigenvalue weighted by atomic mass is 32.2. The third kappa shape index (κ3) is 4.81. The second kappa shape index (κ2) is 6.72. The van der Waals surface area contributed by atoms with E-state index < -0.39 is 10.1 Å². The van der Waals surface area contributed by atoms with Crippen LogP contribution in [0.15, 0.2) is 54.6 Å². The zero-order chi connectivity index (χ0) is 16.3. The van der Waals surface area contributed by atoms with E-state index in [9.17, 15) is 13.0 Å². The summed E-state index contributed by atoms with van der Waals surface area (Å²) in [5.74, 6) is 0.665. The van der Waals surface area contributed by atoms with Gasteiger partial charge in [-0.05, 0) is 42.0 Å². The van der Waals surface area contributed by atoms with Crippen molar-refractivity contribution in [2.75, 3.05) is 5.75 Å². The number of ether oxygens (including phenoxy) is 1. The van der Waals surface area contributed by atoms with E-state index in [1.165, 1.54) is 0 Å². The van der Waals surface area contributed by atoms with Crippen molar-refractivity contribution in [3.63, 3.8) is 0 Å². The molecule has 2 aromatic carbocycles. The van der Waals surface area contributed by atoms with E-state index in [1.54, 1.807) is 0 Å². The summed E-state index contributed by atoms with van der Waals surface area (Å²) in [6, 6.07) is 17.4. The van der Waals surface area contributed by atoms with Crippen molar-refractivity contribution in [2.45, 2.75) is 25.4 Å². The number of benzene rings is 2. The molecule has 1 aliphatic rings. The van der Waals surface area contributed by atoms with Gasteiger partial charge in [-0.15, -0.1) is 0 Å². The van der Waals surface area contributed by atoms with Gasteiger partial charge in [0.15, 0.2) is 0 Å². The normalized spacial score (nSPS) is 16.0. The van der Waals surface area contributed by atoms with Crippen molar-refractivity contribution < 1.29 is 17.7 Å². The SMILES string of the molecule is O=S(=O)(O)CC(c1cccc(OCc2ccccc2)c1)C1CC1. The van der Waals surface area contributed by atoms with Gasteiger partial charge in [0.2, 0.25) is 0 Å². The molecule has 3 rings (SSSR count). The van der Waals surface area contributed by atoms with Gasteiger partial charge in [-0.2, -0.15) is 8.42 Å². The van der Waals surface area contributed by atoms with Gasteiger partial charge >= 0.3 is 0 Å². The highest BCUT2D eigenvalue weighted by Crippen LogP contribution is 2.43. The largest absolute Gasteiger partial charge is 0.489 e. The predicted molar refractivity (Wildman–Crippen MR) is 89.1 cm³/mol. The third-order valence-corrected chi connectivity index (χ3v) is 4.90. The van der Waals surface area contributed by atoms with E-state index in [0.29, 0.717) is 18.3 Å². The minimum atomic E-state index is -3.99. The Morgan fingerprint density at radius 2 is 1.83 bits per heavy atom. The van der Waals surface area contributed by atoms with Crippen molar-refractivity contribution in [1.82, 2.24) is 0 Å². The van der Waals surface area contributed by atoms with Crippen molar-refractivity contribution in [1.29, 1.82) is 0 Å². The third-order valence-electron chi connectivity index (χ3n) is 4.12. The van der Waals surface area contributed by atoms with E-state index in [1.807, 2.05) is 54.6 Å². The first-order valence-corrected chi connectivity index (χ1v) is 9.34. The molecule has 0 aromatic heterocycles. The molecule has 23 heavy (non-hydrogen) atoms. The summed E-state index contributed by atoms with van der Waals surface area (Å²) >= 11 is 0. The molecule has 122 valence electrons. The Morgan fingerprint density at radius 3 is 2.48 bits per heavy atom. The molecule has 0 heterocycles. The molecule has 0 saturated heterocycles. The summed E-state index contributed by atoms with van der Waals surface area (Å²) in [5.41, 5.74) is 1.99. The van der Waals surface area contributed by atoms with Crippen LogP contribution >= 0.6 is 0 Å². The molecule has 0 radical (unpaired) electrons. The second-order valence-electron chi connectivity index (χ2n) is 6.04. The maximum absolute atomic E-state index is 11.3. The quantitative estimate of drug-likeness (QED) is 0.786. The van der Waals surface area contributed by atoms with E-state index in [-0.39, 0.29) is 11.7 Å². The molecule has 1 atom stereocenters. The van der Waals surface area contributed by atoms with Gasteiger partial charge in [0.25, 0.3) is 10.1 Å². The van der Waals surface area contributed by atoms with Crippen LogP contribution < -0.4 is 4.74 Å². The van der Waals surface area contributed by atoms with Crippen LogP contribution in [0.3, 0.4) is 0 Å². The van der Waals surface area contributed by atoms with Crippen LogP contribution in [0, 0.1) is 5.92 Å². The predicted octanol–water partition coefficient (Wildman–Crippen LogP) is 3.65. The number of rotatable bonds is 7. The second-order valence-corrected chi connectivity index (χ2v) is 7.54. The number of hydrogen-bond donors (Lipinski definition) is 1. The lowest BCUT2D eigenvalue weighted by molar-refractivity contribution is 0.305. The summed E-state index contributed by atoms with van der Waals surface area (Å²) in [6.45, 7) is 0.469. The molecule has 0 amide bonds. The average molecular weight is 332 g/mol. The summed E-state index contributed by atoms with van der Waals surface area (Å²) in [4.78, 5) is 0. The fourth-order valence-corrected chi connectivity index (χ4v) is 3.72. The lowest BCUT2D eigenvalue weighted by Gasteiger charge is -2.16. The molecule has 2 aromatic rings. The summed E-state index contributed by atoms with van der Waals surface area (Å²) in [6.07, 6.45) is 2.02. The van der Waals surface area contributed by atoms with E-state index >= 15 is 0 Å². The summed E-state index contributed by atoms with van der Waals surface area (Å²) in [7, 11) is -3.99. The van der Waals surface area contributed by atoms with Crippen LogP contribution in [0.2, 0.25) is 0 Å². The fourth-order valence-electron chi connectivity index (χ4n) is 2.81. The Balaban J connectivity index is 1.73. The van der Waals surface area contributed by atoms with Gasteiger partial charge in [-0.1, -0.05) is 42.5 Å². The van der Waals surface area contributed by atoms with E-state index in [0.717, 1.165) is 24.0 Å². The molecule has 5 heteroatoms. The minimum Gasteiger partial charge on any atom is -0.489 e. The summed E-state index contributed by atoms with van der Waals surface area (Å²) < 4.78 is 37.5. The Bertz CT molecular complexity index is 752. The van der Waals surface area contributed by atoms with Gasteiger partial charge in [0.1, 0.15) is 12.4 Å². The zero-order valence-corrected chi connectivity index (χ0v) is 13.6. The van der Waals surface area contributed by atoms with Crippen molar-refractivity contribution in [3.8, 4) is 5.75 Å². The van der Waals surface area contributed by atoms with E-state index in [4.69, 9.17) is 4.74 Å². The maximum atomic E-state index is 11.3. The van der Waals surface area contributed by atoms with Crippen LogP contribution in [0.5, 0.6) is 5.75 Å². The Kier molecular flexibility index (Phi) is 4.68. The average Bonchev–Trinajstić information content (AvgIpc) is 3.36. The van der Waals surface area contributed by atoms with Crippen LogP contribution in [-0.4, -0.2) is 18.7 Å². The molecule has 4 nitrogen and oxygen atoms in total. The van der Waals surface area contributed by atoms with Crippen LogP contribution in [0.25, 0.3) is 0 Å². The summed E-state index contributed by atoms with van der Waals surface area (Å²) in [5, 5.41) is 0.